The summed E-state index contributed by atoms with van der Waals surface area (Å²) in [5.41, 5.74) is 6.24. The number of nitrogens with one attached hydrogen (secondary N) is 1. The van der Waals surface area contributed by atoms with Crippen LogP contribution in [-0.2, 0) is 4.79 Å². The maximum absolute atomic E-state index is 11.5. The van der Waals surface area contributed by atoms with Crippen molar-refractivity contribution < 1.29 is 9.53 Å². The maximum Gasteiger partial charge on any atom is 0.257 e. The van der Waals surface area contributed by atoms with Gasteiger partial charge in [0.2, 0.25) is 0 Å². The summed E-state index contributed by atoms with van der Waals surface area (Å²) in [7, 11) is 0. The van der Waals surface area contributed by atoms with Gasteiger partial charge >= 0.3 is 0 Å². The molecule has 3 N–H and O–H groups in total. The van der Waals surface area contributed by atoms with Gasteiger partial charge in [-0.2, -0.15) is 0 Å². The molecule has 0 bridgehead atoms. The summed E-state index contributed by atoms with van der Waals surface area (Å²) < 4.78 is 5.34. The zero-order valence-corrected chi connectivity index (χ0v) is 9.82. The minimum Gasteiger partial charge on any atom is -0.484 e. The van der Waals surface area contributed by atoms with E-state index in [9.17, 15) is 4.79 Å². The number of amides is 1. The molecule has 0 spiro atoms. The Morgan fingerprint density at radius 2 is 2.06 bits per heavy atom. The highest BCUT2D eigenvalue weighted by atomic mass is 16.5. The molecule has 1 aliphatic rings. The molecular weight excluding hydrogens is 216 g/mol. The van der Waals surface area contributed by atoms with Crippen molar-refractivity contribution in [3.05, 3.63) is 24.3 Å². The minimum atomic E-state index is -0.0614. The maximum atomic E-state index is 11.5. The van der Waals surface area contributed by atoms with Crippen LogP contribution in [0.4, 0.5) is 5.69 Å². The third-order valence-electron chi connectivity index (χ3n) is 3.06. The number of rotatable bonds is 5. The number of carbonyl (C=O) groups excluding carboxylic acids is 1. The van der Waals surface area contributed by atoms with E-state index in [1.807, 2.05) is 0 Å². The fourth-order valence-corrected chi connectivity index (χ4v) is 1.72. The number of benzene rings is 1. The van der Waals surface area contributed by atoms with Crippen molar-refractivity contribution in [2.24, 2.45) is 5.92 Å². The molecule has 2 rings (SSSR count). The van der Waals surface area contributed by atoms with E-state index < -0.39 is 0 Å². The van der Waals surface area contributed by atoms with E-state index in [4.69, 9.17) is 10.5 Å². The van der Waals surface area contributed by atoms with Crippen molar-refractivity contribution in [2.75, 3.05) is 18.9 Å². The fraction of sp³-hybridized carbons (Fsp3) is 0.462. The molecule has 4 nitrogen and oxygen atoms in total. The average molecular weight is 234 g/mol. The van der Waals surface area contributed by atoms with Gasteiger partial charge in [0.25, 0.3) is 5.91 Å². The molecule has 1 saturated carbocycles. The molecular formula is C13H18N2O2. The zero-order valence-electron chi connectivity index (χ0n) is 9.82. The lowest BCUT2D eigenvalue weighted by molar-refractivity contribution is -0.123. The van der Waals surface area contributed by atoms with Crippen LogP contribution >= 0.6 is 0 Å². The third kappa shape index (κ3) is 3.66. The highest BCUT2D eigenvalue weighted by Gasteiger charge is 2.17. The molecule has 0 aromatic heterocycles. The van der Waals surface area contributed by atoms with Crippen molar-refractivity contribution in [3.8, 4) is 5.75 Å². The highest BCUT2D eigenvalue weighted by molar-refractivity contribution is 5.77. The van der Waals surface area contributed by atoms with Crippen LogP contribution in [-0.4, -0.2) is 19.1 Å². The largest absolute Gasteiger partial charge is 0.484 e. The lowest BCUT2D eigenvalue weighted by Crippen LogP contribution is -2.35. The second kappa shape index (κ2) is 5.57. The van der Waals surface area contributed by atoms with Crippen LogP contribution in [0.5, 0.6) is 5.75 Å². The van der Waals surface area contributed by atoms with E-state index in [1.165, 1.54) is 19.3 Å². The Hall–Kier alpha value is -1.71. The summed E-state index contributed by atoms with van der Waals surface area (Å²) in [6.07, 6.45) is 3.76. The molecule has 0 atom stereocenters. The summed E-state index contributed by atoms with van der Waals surface area (Å²) in [4.78, 5) is 11.5. The monoisotopic (exact) mass is 234 g/mol. The normalized spacial score (nSPS) is 15.1. The summed E-state index contributed by atoms with van der Waals surface area (Å²) in [6.45, 7) is 0.848. The van der Waals surface area contributed by atoms with Crippen LogP contribution in [0.15, 0.2) is 24.3 Å². The highest BCUT2D eigenvalue weighted by Crippen LogP contribution is 2.25. The first-order valence-electron chi connectivity index (χ1n) is 5.99. The van der Waals surface area contributed by atoms with Crippen LogP contribution in [0.2, 0.25) is 0 Å². The van der Waals surface area contributed by atoms with E-state index in [0.717, 1.165) is 6.54 Å². The molecule has 0 aliphatic heterocycles. The second-order valence-electron chi connectivity index (χ2n) is 4.46. The molecule has 1 aromatic carbocycles. The van der Waals surface area contributed by atoms with Gasteiger partial charge in [-0.15, -0.1) is 0 Å². The number of carbonyl (C=O) groups is 1. The molecule has 0 radical (unpaired) electrons. The number of nitrogens with two attached hydrogens (primary N) is 1. The Morgan fingerprint density at radius 1 is 1.35 bits per heavy atom. The van der Waals surface area contributed by atoms with E-state index >= 15 is 0 Å². The number of ether oxygens (including phenoxy) is 1. The Morgan fingerprint density at radius 3 is 2.65 bits per heavy atom. The third-order valence-corrected chi connectivity index (χ3v) is 3.06. The molecule has 4 heteroatoms. The van der Waals surface area contributed by atoms with Gasteiger partial charge in [-0.3, -0.25) is 4.79 Å². The molecule has 92 valence electrons. The SMILES string of the molecule is Nc1ccc(OCC(=O)NCC2CCC2)cc1. The van der Waals surface area contributed by atoms with Crippen LogP contribution in [0.1, 0.15) is 19.3 Å². The molecule has 0 heterocycles. The first-order valence-corrected chi connectivity index (χ1v) is 5.99. The predicted molar refractivity (Wildman–Crippen MR) is 66.7 cm³/mol. The first kappa shape index (κ1) is 11.8. The smallest absolute Gasteiger partial charge is 0.257 e. The van der Waals surface area contributed by atoms with Gasteiger partial charge in [-0.1, -0.05) is 6.42 Å². The van der Waals surface area contributed by atoms with Gasteiger partial charge in [0.05, 0.1) is 0 Å². The quantitative estimate of drug-likeness (QED) is 0.760. The molecule has 0 saturated heterocycles. The van der Waals surface area contributed by atoms with Crippen LogP contribution in [0.3, 0.4) is 0 Å². The average Bonchev–Trinajstić information content (AvgIpc) is 2.26. The summed E-state index contributed by atoms with van der Waals surface area (Å²) >= 11 is 0. The Labute approximate surface area is 101 Å². The van der Waals surface area contributed by atoms with Crippen molar-refractivity contribution in [1.82, 2.24) is 5.32 Å². The lowest BCUT2D eigenvalue weighted by Gasteiger charge is -2.25. The van der Waals surface area contributed by atoms with Crippen molar-refractivity contribution in [1.29, 1.82) is 0 Å². The summed E-state index contributed by atoms with van der Waals surface area (Å²) in [6, 6.07) is 7.02. The molecule has 17 heavy (non-hydrogen) atoms. The van der Waals surface area contributed by atoms with Crippen molar-refractivity contribution in [3.63, 3.8) is 0 Å². The Balaban J connectivity index is 1.66. The first-order chi connectivity index (χ1) is 8.24. The van der Waals surface area contributed by atoms with Gasteiger partial charge in [0, 0.05) is 12.2 Å². The summed E-state index contributed by atoms with van der Waals surface area (Å²) in [5, 5.41) is 2.88. The predicted octanol–water partition coefficient (Wildman–Crippen LogP) is 1.56. The van der Waals surface area contributed by atoms with E-state index in [1.54, 1.807) is 24.3 Å². The van der Waals surface area contributed by atoms with Gasteiger partial charge in [0.15, 0.2) is 6.61 Å². The van der Waals surface area contributed by atoms with Crippen molar-refractivity contribution >= 4 is 11.6 Å². The van der Waals surface area contributed by atoms with Crippen LogP contribution < -0.4 is 15.8 Å². The Kier molecular flexibility index (Phi) is 3.85. The van der Waals surface area contributed by atoms with E-state index in [2.05, 4.69) is 5.32 Å². The van der Waals surface area contributed by atoms with Crippen LogP contribution in [0, 0.1) is 5.92 Å². The molecule has 1 fully saturated rings. The van der Waals surface area contributed by atoms with Gasteiger partial charge < -0.3 is 15.8 Å². The molecule has 1 aliphatic carbocycles. The molecule has 1 aromatic rings. The standard InChI is InChI=1S/C13H18N2O2/c14-11-4-6-12(7-5-11)17-9-13(16)15-8-10-2-1-3-10/h4-7,10H,1-3,8-9,14H2,(H,15,16). The number of hydrogen-bond acceptors (Lipinski definition) is 3. The van der Waals surface area contributed by atoms with Gasteiger partial charge in [-0.05, 0) is 43.0 Å². The number of hydrogen-bond donors (Lipinski definition) is 2. The molecule has 1 amide bonds. The minimum absolute atomic E-state index is 0.0614. The number of nitrogen functional groups attached to an aromatic ring is 1. The second-order valence-corrected chi connectivity index (χ2v) is 4.46. The van der Waals surface area contributed by atoms with E-state index in [0.29, 0.717) is 17.4 Å². The van der Waals surface area contributed by atoms with Crippen LogP contribution in [0.25, 0.3) is 0 Å². The van der Waals surface area contributed by atoms with Crippen molar-refractivity contribution in [2.45, 2.75) is 19.3 Å². The van der Waals surface area contributed by atoms with E-state index in [-0.39, 0.29) is 12.5 Å². The van der Waals surface area contributed by atoms with Gasteiger partial charge in [-0.25, -0.2) is 0 Å². The zero-order chi connectivity index (χ0) is 12.1. The molecule has 0 unspecified atom stereocenters. The fourth-order valence-electron chi connectivity index (χ4n) is 1.72. The topological polar surface area (TPSA) is 64.3 Å². The summed E-state index contributed by atoms with van der Waals surface area (Å²) in [5.74, 6) is 1.28. The lowest BCUT2D eigenvalue weighted by atomic mass is 9.85. The Bertz CT molecular complexity index is 372. The van der Waals surface area contributed by atoms with Gasteiger partial charge in [0.1, 0.15) is 5.75 Å². The number of anilines is 1.